The van der Waals surface area contributed by atoms with Gasteiger partial charge in [-0.25, -0.2) is 4.98 Å². The van der Waals surface area contributed by atoms with E-state index in [1.54, 1.807) is 7.11 Å². The lowest BCUT2D eigenvalue weighted by Gasteiger charge is -2.09. The first kappa shape index (κ1) is 11.5. The van der Waals surface area contributed by atoms with E-state index < -0.39 is 0 Å². The molecule has 2 rings (SSSR count). The Bertz CT molecular complexity index is 550. The van der Waals surface area contributed by atoms with E-state index in [2.05, 4.69) is 11.1 Å². The van der Waals surface area contributed by atoms with Crippen molar-refractivity contribution in [3.8, 4) is 16.9 Å². The fourth-order valence-electron chi connectivity index (χ4n) is 1.93. The lowest BCUT2D eigenvalue weighted by Crippen LogP contribution is -1.93. The van der Waals surface area contributed by atoms with E-state index in [1.165, 1.54) is 0 Å². The molecule has 88 valence electrons. The first-order valence-electron chi connectivity index (χ1n) is 5.49. The standard InChI is InChI=1S/C14H16N2O/c1-9-7-14(15)16-8-12(9)11-4-5-13(17-3)10(2)6-11/h4-8H,1-3H3,(H2,15,16). The molecule has 1 aromatic heterocycles. The summed E-state index contributed by atoms with van der Waals surface area (Å²) in [5.74, 6) is 1.45. The third-order valence-electron chi connectivity index (χ3n) is 2.84. The van der Waals surface area contributed by atoms with Gasteiger partial charge in [0, 0.05) is 11.8 Å². The number of hydrogen-bond donors (Lipinski definition) is 1. The van der Waals surface area contributed by atoms with E-state index >= 15 is 0 Å². The van der Waals surface area contributed by atoms with E-state index in [4.69, 9.17) is 10.5 Å². The highest BCUT2D eigenvalue weighted by Crippen LogP contribution is 2.28. The molecule has 0 radical (unpaired) electrons. The number of aromatic nitrogens is 1. The highest BCUT2D eigenvalue weighted by atomic mass is 16.5. The molecule has 1 aromatic carbocycles. The number of methoxy groups -OCH3 is 1. The predicted molar refractivity (Wildman–Crippen MR) is 70.1 cm³/mol. The Hall–Kier alpha value is -2.03. The minimum Gasteiger partial charge on any atom is -0.496 e. The molecule has 17 heavy (non-hydrogen) atoms. The zero-order chi connectivity index (χ0) is 12.4. The Morgan fingerprint density at radius 1 is 1.12 bits per heavy atom. The topological polar surface area (TPSA) is 48.1 Å². The number of ether oxygens (including phenoxy) is 1. The van der Waals surface area contributed by atoms with Crippen LogP contribution in [0.25, 0.3) is 11.1 Å². The normalized spacial score (nSPS) is 10.3. The largest absolute Gasteiger partial charge is 0.496 e. The molecule has 0 atom stereocenters. The summed E-state index contributed by atoms with van der Waals surface area (Å²) < 4.78 is 5.25. The molecule has 3 nitrogen and oxygen atoms in total. The number of pyridine rings is 1. The molecular formula is C14H16N2O. The van der Waals surface area contributed by atoms with Crippen molar-refractivity contribution in [2.45, 2.75) is 13.8 Å². The van der Waals surface area contributed by atoms with Crippen LogP contribution in [0, 0.1) is 13.8 Å². The monoisotopic (exact) mass is 228 g/mol. The van der Waals surface area contributed by atoms with Gasteiger partial charge in [-0.1, -0.05) is 6.07 Å². The van der Waals surface area contributed by atoms with Gasteiger partial charge in [-0.3, -0.25) is 0 Å². The van der Waals surface area contributed by atoms with E-state index in [0.29, 0.717) is 5.82 Å². The number of nitrogen functional groups attached to an aromatic ring is 1. The van der Waals surface area contributed by atoms with Gasteiger partial charge in [-0.05, 0) is 48.7 Å². The molecule has 1 heterocycles. The molecule has 0 saturated carbocycles. The SMILES string of the molecule is COc1ccc(-c2cnc(N)cc2C)cc1C. The van der Waals surface area contributed by atoms with Gasteiger partial charge in [0.2, 0.25) is 0 Å². The van der Waals surface area contributed by atoms with Crippen LogP contribution in [0.15, 0.2) is 30.5 Å². The molecule has 0 aliphatic rings. The van der Waals surface area contributed by atoms with Crippen LogP contribution in [-0.4, -0.2) is 12.1 Å². The van der Waals surface area contributed by atoms with Gasteiger partial charge in [0.05, 0.1) is 7.11 Å². The van der Waals surface area contributed by atoms with Gasteiger partial charge in [0.25, 0.3) is 0 Å². The molecule has 0 saturated heterocycles. The Balaban J connectivity index is 2.50. The number of benzene rings is 1. The summed E-state index contributed by atoms with van der Waals surface area (Å²) in [5.41, 5.74) is 10.1. The molecule has 3 heteroatoms. The maximum atomic E-state index is 5.65. The van der Waals surface area contributed by atoms with Crippen LogP contribution >= 0.6 is 0 Å². The molecule has 0 aliphatic heterocycles. The van der Waals surface area contributed by atoms with Gasteiger partial charge < -0.3 is 10.5 Å². The Kier molecular flexibility index (Phi) is 3.00. The van der Waals surface area contributed by atoms with Gasteiger partial charge in [0.1, 0.15) is 11.6 Å². The van der Waals surface area contributed by atoms with Gasteiger partial charge >= 0.3 is 0 Å². The van der Waals surface area contributed by atoms with Crippen LogP contribution in [0.1, 0.15) is 11.1 Å². The Morgan fingerprint density at radius 3 is 2.47 bits per heavy atom. The summed E-state index contributed by atoms with van der Waals surface area (Å²) in [7, 11) is 1.68. The van der Waals surface area contributed by atoms with Crippen LogP contribution in [0.3, 0.4) is 0 Å². The van der Waals surface area contributed by atoms with Crippen LogP contribution in [0.4, 0.5) is 5.82 Å². The highest BCUT2D eigenvalue weighted by molar-refractivity contribution is 5.69. The predicted octanol–water partition coefficient (Wildman–Crippen LogP) is 2.96. The molecule has 0 unspecified atom stereocenters. The smallest absolute Gasteiger partial charge is 0.123 e. The molecule has 0 bridgehead atoms. The summed E-state index contributed by atoms with van der Waals surface area (Å²) in [6.45, 7) is 4.06. The number of aryl methyl sites for hydroxylation is 2. The summed E-state index contributed by atoms with van der Waals surface area (Å²) >= 11 is 0. The van der Waals surface area contributed by atoms with Crippen molar-refractivity contribution in [1.29, 1.82) is 0 Å². The Morgan fingerprint density at radius 2 is 1.88 bits per heavy atom. The minimum absolute atomic E-state index is 0.552. The number of hydrogen-bond acceptors (Lipinski definition) is 3. The molecule has 0 fully saturated rings. The van der Waals surface area contributed by atoms with Crippen molar-refractivity contribution in [1.82, 2.24) is 4.98 Å². The summed E-state index contributed by atoms with van der Waals surface area (Å²) in [6, 6.07) is 7.99. The fraction of sp³-hybridized carbons (Fsp3) is 0.214. The van der Waals surface area contributed by atoms with Gasteiger partial charge in [-0.15, -0.1) is 0 Å². The lowest BCUT2D eigenvalue weighted by atomic mass is 10.0. The first-order chi connectivity index (χ1) is 8.11. The molecule has 0 amide bonds. The molecular weight excluding hydrogens is 212 g/mol. The molecule has 2 N–H and O–H groups in total. The average molecular weight is 228 g/mol. The first-order valence-corrected chi connectivity index (χ1v) is 5.49. The van der Waals surface area contributed by atoms with Crippen molar-refractivity contribution >= 4 is 5.82 Å². The Labute approximate surface area is 101 Å². The second kappa shape index (κ2) is 4.45. The zero-order valence-corrected chi connectivity index (χ0v) is 10.3. The van der Waals surface area contributed by atoms with Crippen molar-refractivity contribution in [3.05, 3.63) is 41.6 Å². The minimum atomic E-state index is 0.552. The third kappa shape index (κ3) is 2.23. The molecule has 2 aromatic rings. The average Bonchev–Trinajstić information content (AvgIpc) is 2.29. The third-order valence-corrected chi connectivity index (χ3v) is 2.84. The highest BCUT2D eigenvalue weighted by Gasteiger charge is 2.05. The second-order valence-electron chi connectivity index (χ2n) is 4.11. The van der Waals surface area contributed by atoms with Crippen LogP contribution in [-0.2, 0) is 0 Å². The maximum Gasteiger partial charge on any atom is 0.123 e. The molecule has 0 aliphatic carbocycles. The van der Waals surface area contributed by atoms with E-state index in [0.717, 1.165) is 28.0 Å². The number of rotatable bonds is 2. The van der Waals surface area contributed by atoms with Gasteiger partial charge in [0.15, 0.2) is 0 Å². The number of nitrogens with zero attached hydrogens (tertiary/aromatic N) is 1. The van der Waals surface area contributed by atoms with Crippen molar-refractivity contribution in [3.63, 3.8) is 0 Å². The summed E-state index contributed by atoms with van der Waals surface area (Å²) in [4.78, 5) is 4.14. The van der Waals surface area contributed by atoms with E-state index in [-0.39, 0.29) is 0 Å². The fourth-order valence-corrected chi connectivity index (χ4v) is 1.93. The summed E-state index contributed by atoms with van der Waals surface area (Å²) in [5, 5.41) is 0. The number of nitrogens with two attached hydrogens (primary N) is 1. The van der Waals surface area contributed by atoms with E-state index in [1.807, 2.05) is 38.2 Å². The van der Waals surface area contributed by atoms with Crippen molar-refractivity contribution < 1.29 is 4.74 Å². The number of anilines is 1. The maximum absolute atomic E-state index is 5.65. The second-order valence-corrected chi connectivity index (χ2v) is 4.11. The van der Waals surface area contributed by atoms with Crippen molar-refractivity contribution in [2.75, 3.05) is 12.8 Å². The zero-order valence-electron chi connectivity index (χ0n) is 10.3. The van der Waals surface area contributed by atoms with Crippen molar-refractivity contribution in [2.24, 2.45) is 0 Å². The van der Waals surface area contributed by atoms with Crippen LogP contribution < -0.4 is 10.5 Å². The molecule has 0 spiro atoms. The summed E-state index contributed by atoms with van der Waals surface area (Å²) in [6.07, 6.45) is 1.81. The lowest BCUT2D eigenvalue weighted by molar-refractivity contribution is 0.412. The van der Waals surface area contributed by atoms with Crippen LogP contribution in [0.5, 0.6) is 5.75 Å². The van der Waals surface area contributed by atoms with Gasteiger partial charge in [-0.2, -0.15) is 0 Å². The van der Waals surface area contributed by atoms with Crippen LogP contribution in [0.2, 0.25) is 0 Å². The van der Waals surface area contributed by atoms with E-state index in [9.17, 15) is 0 Å². The quantitative estimate of drug-likeness (QED) is 0.859.